The Kier molecular flexibility index (Phi) is 5.04. The number of nitrogens with two attached hydrogens (primary N) is 1. The third-order valence-corrected chi connectivity index (χ3v) is 4.15. The molecule has 3 fully saturated rings. The molecule has 1 radical (unpaired) electrons. The minimum absolute atomic E-state index is 0. The largest absolute Gasteiger partial charge is 0.343 e. The molecule has 0 bridgehead atoms. The van der Waals surface area contributed by atoms with Crippen molar-refractivity contribution >= 4 is 29.2 Å². The quantitative estimate of drug-likeness (QED) is 0.662. The van der Waals surface area contributed by atoms with Crippen LogP contribution < -0.4 is 5.14 Å². The van der Waals surface area contributed by atoms with Gasteiger partial charge >= 0.3 is 10.3 Å². The van der Waals surface area contributed by atoms with E-state index in [2.05, 4.69) is 0 Å². The van der Waals surface area contributed by atoms with E-state index in [1.807, 2.05) is 0 Å². The molecule has 0 amide bonds. The van der Waals surface area contributed by atoms with E-state index < -0.39 is 46.5 Å². The molecule has 3 rings (SSSR count). The molecular formula is C12H21LiNO8S. The second-order valence-electron chi connectivity index (χ2n) is 6.56. The van der Waals surface area contributed by atoms with E-state index in [-0.39, 0.29) is 31.6 Å². The number of ether oxygens (including phenoxy) is 5. The minimum atomic E-state index is -4.14. The molecule has 0 aliphatic carbocycles. The Labute approximate surface area is 147 Å². The predicted molar refractivity (Wildman–Crippen MR) is 77.4 cm³/mol. The Balaban J connectivity index is 0.00000192. The molecule has 3 heterocycles. The topological polar surface area (TPSA) is 116 Å². The van der Waals surface area contributed by atoms with Crippen molar-refractivity contribution in [2.24, 2.45) is 5.14 Å². The summed E-state index contributed by atoms with van der Waals surface area (Å²) in [7, 11) is -4.14. The van der Waals surface area contributed by atoms with Crippen molar-refractivity contribution in [3.63, 3.8) is 0 Å². The van der Waals surface area contributed by atoms with Gasteiger partial charge < -0.3 is 23.7 Å². The molecule has 0 saturated carbocycles. The molecule has 0 aromatic rings. The van der Waals surface area contributed by atoms with E-state index >= 15 is 0 Å². The number of hydrogen-bond donors (Lipinski definition) is 1. The fourth-order valence-electron chi connectivity index (χ4n) is 3.11. The van der Waals surface area contributed by atoms with E-state index in [0.717, 1.165) is 0 Å². The molecule has 3 saturated heterocycles. The number of hydrogen-bond acceptors (Lipinski definition) is 8. The van der Waals surface area contributed by atoms with Gasteiger partial charge in [0.25, 0.3) is 0 Å². The van der Waals surface area contributed by atoms with Gasteiger partial charge in [-0.05, 0) is 27.7 Å². The fourth-order valence-corrected chi connectivity index (χ4v) is 3.44. The molecule has 0 aromatic heterocycles. The molecule has 23 heavy (non-hydrogen) atoms. The zero-order chi connectivity index (χ0) is 16.4. The normalized spacial score (nSPS) is 41.0. The summed E-state index contributed by atoms with van der Waals surface area (Å²) >= 11 is 0. The molecule has 11 heteroatoms. The van der Waals surface area contributed by atoms with Gasteiger partial charge in [-0.15, -0.1) is 0 Å². The minimum Gasteiger partial charge on any atom is -0.343 e. The van der Waals surface area contributed by atoms with Gasteiger partial charge in [0.15, 0.2) is 11.6 Å². The van der Waals surface area contributed by atoms with Gasteiger partial charge in [-0.2, -0.15) is 8.42 Å². The molecule has 0 aromatic carbocycles. The van der Waals surface area contributed by atoms with Crippen molar-refractivity contribution in [1.29, 1.82) is 0 Å². The van der Waals surface area contributed by atoms with Crippen LogP contribution in [0.3, 0.4) is 0 Å². The zero-order valence-corrected chi connectivity index (χ0v) is 14.7. The van der Waals surface area contributed by atoms with Crippen LogP contribution in [0.15, 0.2) is 0 Å². The van der Waals surface area contributed by atoms with Gasteiger partial charge in [-0.1, -0.05) is 0 Å². The van der Waals surface area contributed by atoms with E-state index in [1.165, 1.54) is 0 Å². The second-order valence-corrected chi connectivity index (χ2v) is 7.78. The molecule has 3 aliphatic heterocycles. The SMILES string of the molecule is CC1(C)O[C@@H]2[C@@H](CO[C@@]3(COS(N)(=O)=O)OC(C)(C)O[C@@H]23)O1.[Li]. The summed E-state index contributed by atoms with van der Waals surface area (Å²) < 4.78 is 55.9. The van der Waals surface area contributed by atoms with Crippen molar-refractivity contribution in [3.8, 4) is 0 Å². The standard InChI is InChI=1S/C12H21NO8S.Li/c1-10(2)18-7-5-16-12(6-17-22(13,14)15)9(8(7)19-10)20-11(3,4)21-12;/h7-9H,5-6H2,1-4H3,(H2,13,14,15);/t7-,8-,9+,12+;/m1./s1. The molecule has 9 nitrogen and oxygen atoms in total. The molecule has 0 unspecified atom stereocenters. The molecular weight excluding hydrogens is 325 g/mol. The van der Waals surface area contributed by atoms with Crippen molar-refractivity contribution in [1.82, 2.24) is 0 Å². The van der Waals surface area contributed by atoms with Crippen molar-refractivity contribution in [2.75, 3.05) is 13.2 Å². The van der Waals surface area contributed by atoms with Crippen LogP contribution in [0.4, 0.5) is 0 Å². The maximum Gasteiger partial charge on any atom is 0.333 e. The Bertz CT molecular complexity index is 567. The summed E-state index contributed by atoms with van der Waals surface area (Å²) in [6.45, 7) is 6.71. The zero-order valence-electron chi connectivity index (χ0n) is 13.9. The first-order valence-electron chi connectivity index (χ1n) is 6.96. The van der Waals surface area contributed by atoms with E-state index in [4.69, 9.17) is 33.0 Å². The van der Waals surface area contributed by atoms with Crippen molar-refractivity contribution in [2.45, 2.75) is 63.4 Å². The first kappa shape index (κ1) is 19.6. The summed E-state index contributed by atoms with van der Waals surface area (Å²) in [4.78, 5) is 0. The molecule has 129 valence electrons. The summed E-state index contributed by atoms with van der Waals surface area (Å²) in [5.41, 5.74) is 0. The average Bonchev–Trinajstić information content (AvgIpc) is 2.78. The van der Waals surface area contributed by atoms with E-state index in [1.54, 1.807) is 27.7 Å². The van der Waals surface area contributed by atoms with Gasteiger partial charge in [0.1, 0.15) is 24.9 Å². The third kappa shape index (κ3) is 3.93. The van der Waals surface area contributed by atoms with Crippen LogP contribution in [-0.4, -0.2) is 76.2 Å². The van der Waals surface area contributed by atoms with Crippen molar-refractivity contribution in [3.05, 3.63) is 0 Å². The second kappa shape index (κ2) is 5.91. The maximum atomic E-state index is 11.1. The Hall–Kier alpha value is 0.267. The van der Waals surface area contributed by atoms with Crippen LogP contribution in [0.25, 0.3) is 0 Å². The van der Waals surface area contributed by atoms with Gasteiger partial charge in [0.05, 0.1) is 6.61 Å². The van der Waals surface area contributed by atoms with Crippen LogP contribution in [-0.2, 0) is 38.2 Å². The fraction of sp³-hybridized carbons (Fsp3) is 1.00. The number of rotatable bonds is 3. The summed E-state index contributed by atoms with van der Waals surface area (Å²) in [6, 6.07) is 0. The number of fused-ring (bicyclic) bond motifs is 3. The Morgan fingerprint density at radius 1 is 1.13 bits per heavy atom. The summed E-state index contributed by atoms with van der Waals surface area (Å²) in [5.74, 6) is -3.19. The summed E-state index contributed by atoms with van der Waals surface area (Å²) in [5, 5.41) is 4.89. The van der Waals surface area contributed by atoms with Crippen LogP contribution in [0.2, 0.25) is 0 Å². The van der Waals surface area contributed by atoms with Gasteiger partial charge in [0, 0.05) is 18.9 Å². The molecule has 2 N–H and O–H groups in total. The smallest absolute Gasteiger partial charge is 0.333 e. The summed E-state index contributed by atoms with van der Waals surface area (Å²) in [6.07, 6.45) is -1.50. The van der Waals surface area contributed by atoms with Gasteiger partial charge in [0.2, 0.25) is 5.79 Å². The third-order valence-electron chi connectivity index (χ3n) is 3.70. The Morgan fingerprint density at radius 3 is 2.39 bits per heavy atom. The predicted octanol–water partition coefficient (Wildman–Crippen LogP) is -0.776. The van der Waals surface area contributed by atoms with E-state index in [9.17, 15) is 8.42 Å². The molecule has 4 atom stereocenters. The van der Waals surface area contributed by atoms with E-state index in [0.29, 0.717) is 0 Å². The van der Waals surface area contributed by atoms with Crippen LogP contribution in [0, 0.1) is 0 Å². The van der Waals surface area contributed by atoms with Crippen LogP contribution >= 0.6 is 0 Å². The van der Waals surface area contributed by atoms with Crippen molar-refractivity contribution < 1.29 is 36.3 Å². The van der Waals surface area contributed by atoms with Crippen LogP contribution in [0.1, 0.15) is 27.7 Å². The first-order valence-corrected chi connectivity index (χ1v) is 8.43. The Morgan fingerprint density at radius 2 is 1.78 bits per heavy atom. The average molecular weight is 346 g/mol. The monoisotopic (exact) mass is 346 g/mol. The molecule has 0 spiro atoms. The first-order chi connectivity index (χ1) is 9.92. The maximum absolute atomic E-state index is 11.1. The van der Waals surface area contributed by atoms with Gasteiger partial charge in [-0.25, -0.2) is 5.14 Å². The van der Waals surface area contributed by atoms with Gasteiger partial charge in [-0.3, -0.25) is 4.18 Å². The molecule has 3 aliphatic rings. The van der Waals surface area contributed by atoms with Crippen LogP contribution in [0.5, 0.6) is 0 Å².